The van der Waals surface area contributed by atoms with Gasteiger partial charge in [-0.3, -0.25) is 10.1 Å². The Balaban J connectivity index is 0.00000182. The lowest BCUT2D eigenvalue weighted by atomic mass is 9.94. The zero-order valence-electron chi connectivity index (χ0n) is 13.6. The van der Waals surface area contributed by atoms with E-state index in [0.29, 0.717) is 0 Å². The van der Waals surface area contributed by atoms with Crippen molar-refractivity contribution >= 4 is 29.0 Å². The minimum atomic E-state index is -0.376. The van der Waals surface area contributed by atoms with E-state index < -0.39 is 0 Å². The van der Waals surface area contributed by atoms with Gasteiger partial charge in [0, 0.05) is 35.3 Å². The number of nitrogens with one attached hydrogen (secondary N) is 2. The van der Waals surface area contributed by atoms with Crippen molar-refractivity contribution in [2.24, 2.45) is 0 Å². The highest BCUT2D eigenvalue weighted by Crippen LogP contribution is 2.35. The maximum Gasteiger partial charge on any atom is 0.269 e. The third kappa shape index (κ3) is 2.94. The SMILES string of the molecule is COc1ccc2[nH]c3c(c2c1)CCNC3c1ccc([N+](=O)[O-])cc1.Cl. The molecule has 0 amide bonds. The smallest absolute Gasteiger partial charge is 0.269 e. The highest BCUT2D eigenvalue weighted by atomic mass is 35.5. The molecule has 1 atom stereocenters. The van der Waals surface area contributed by atoms with Crippen molar-refractivity contribution < 1.29 is 9.66 Å². The summed E-state index contributed by atoms with van der Waals surface area (Å²) in [7, 11) is 1.67. The Bertz CT molecular complexity index is 921. The van der Waals surface area contributed by atoms with Crippen LogP contribution in [0.25, 0.3) is 10.9 Å². The number of H-pyrrole nitrogens is 1. The number of non-ortho nitro benzene ring substituents is 1. The van der Waals surface area contributed by atoms with Crippen molar-refractivity contribution in [3.05, 3.63) is 69.4 Å². The van der Waals surface area contributed by atoms with E-state index in [1.165, 1.54) is 10.9 Å². The number of nitrogens with zero attached hydrogens (tertiary/aromatic N) is 1. The predicted molar refractivity (Wildman–Crippen MR) is 98.7 cm³/mol. The van der Waals surface area contributed by atoms with Crippen LogP contribution in [0.2, 0.25) is 0 Å². The van der Waals surface area contributed by atoms with Crippen molar-refractivity contribution in [2.45, 2.75) is 12.5 Å². The number of rotatable bonds is 3. The lowest BCUT2D eigenvalue weighted by molar-refractivity contribution is -0.384. The molecule has 0 saturated heterocycles. The van der Waals surface area contributed by atoms with E-state index in [1.54, 1.807) is 19.2 Å². The molecular formula is C18H18ClN3O3. The lowest BCUT2D eigenvalue weighted by Crippen LogP contribution is -2.30. The van der Waals surface area contributed by atoms with Gasteiger partial charge in [-0.05, 0) is 35.7 Å². The van der Waals surface area contributed by atoms with Gasteiger partial charge in [-0.15, -0.1) is 12.4 Å². The Morgan fingerprint density at radius 1 is 1.20 bits per heavy atom. The molecule has 0 aliphatic carbocycles. The van der Waals surface area contributed by atoms with E-state index in [4.69, 9.17) is 4.74 Å². The molecule has 0 bridgehead atoms. The largest absolute Gasteiger partial charge is 0.497 e. The number of nitro groups is 1. The lowest BCUT2D eigenvalue weighted by Gasteiger charge is -2.24. The fourth-order valence-electron chi connectivity index (χ4n) is 3.41. The van der Waals surface area contributed by atoms with Crippen molar-refractivity contribution in [2.75, 3.05) is 13.7 Å². The van der Waals surface area contributed by atoms with Crippen LogP contribution in [0.1, 0.15) is 22.9 Å². The monoisotopic (exact) mass is 359 g/mol. The standard InChI is InChI=1S/C18H17N3O3.ClH/c1-24-13-6-7-16-15(10-13)14-8-9-19-17(18(14)20-16)11-2-4-12(5-3-11)21(22)23;/h2-7,10,17,19-20H,8-9H2,1H3;1H. The molecule has 4 rings (SSSR count). The summed E-state index contributed by atoms with van der Waals surface area (Å²) in [5.74, 6) is 0.842. The molecule has 1 aliphatic rings. The summed E-state index contributed by atoms with van der Waals surface area (Å²) in [6.45, 7) is 0.860. The summed E-state index contributed by atoms with van der Waals surface area (Å²) in [5.41, 5.74) is 4.61. The van der Waals surface area contributed by atoms with Crippen LogP contribution in [0.5, 0.6) is 5.75 Å². The van der Waals surface area contributed by atoms with Crippen molar-refractivity contribution in [3.63, 3.8) is 0 Å². The van der Waals surface area contributed by atoms with Gasteiger partial charge in [-0.1, -0.05) is 12.1 Å². The second-order valence-electron chi connectivity index (χ2n) is 5.91. The number of aromatic nitrogens is 1. The fraction of sp³-hybridized carbons (Fsp3) is 0.222. The quantitative estimate of drug-likeness (QED) is 0.551. The number of halogens is 1. The summed E-state index contributed by atoms with van der Waals surface area (Å²) in [6.07, 6.45) is 0.936. The maximum atomic E-state index is 10.8. The van der Waals surface area contributed by atoms with Crippen LogP contribution in [-0.2, 0) is 6.42 Å². The molecule has 7 heteroatoms. The minimum Gasteiger partial charge on any atom is -0.497 e. The van der Waals surface area contributed by atoms with E-state index in [9.17, 15) is 10.1 Å². The molecule has 2 aromatic carbocycles. The molecular weight excluding hydrogens is 342 g/mol. The summed E-state index contributed by atoms with van der Waals surface area (Å²) < 4.78 is 5.34. The van der Waals surface area contributed by atoms with Crippen LogP contribution in [0.3, 0.4) is 0 Å². The Kier molecular flexibility index (Phi) is 4.65. The zero-order chi connectivity index (χ0) is 16.7. The van der Waals surface area contributed by atoms with Gasteiger partial charge >= 0.3 is 0 Å². The fourth-order valence-corrected chi connectivity index (χ4v) is 3.41. The molecule has 3 aromatic rings. The van der Waals surface area contributed by atoms with Gasteiger partial charge in [0.25, 0.3) is 5.69 Å². The van der Waals surface area contributed by atoms with Crippen molar-refractivity contribution in [1.82, 2.24) is 10.3 Å². The molecule has 2 N–H and O–H groups in total. The van der Waals surface area contributed by atoms with Gasteiger partial charge in [0.2, 0.25) is 0 Å². The average molecular weight is 360 g/mol. The molecule has 0 radical (unpaired) electrons. The van der Waals surface area contributed by atoms with E-state index in [-0.39, 0.29) is 29.1 Å². The topological polar surface area (TPSA) is 80.2 Å². The highest BCUT2D eigenvalue weighted by molar-refractivity contribution is 5.86. The Morgan fingerprint density at radius 2 is 1.96 bits per heavy atom. The van der Waals surface area contributed by atoms with E-state index in [0.717, 1.165) is 35.5 Å². The second kappa shape index (κ2) is 6.74. The molecule has 0 spiro atoms. The molecule has 1 aliphatic heterocycles. The first-order valence-electron chi connectivity index (χ1n) is 7.83. The second-order valence-corrected chi connectivity index (χ2v) is 5.91. The minimum absolute atomic E-state index is 0. The zero-order valence-corrected chi connectivity index (χ0v) is 14.4. The number of nitro benzene ring substituents is 1. The van der Waals surface area contributed by atoms with Crippen molar-refractivity contribution in [3.8, 4) is 5.75 Å². The number of benzene rings is 2. The van der Waals surface area contributed by atoms with Gasteiger partial charge in [-0.2, -0.15) is 0 Å². The summed E-state index contributed by atoms with van der Waals surface area (Å²) in [6, 6.07) is 12.8. The predicted octanol–water partition coefficient (Wildman–Crippen LogP) is 3.74. The molecule has 130 valence electrons. The number of hydrogen-bond donors (Lipinski definition) is 2. The normalized spacial score (nSPS) is 16.1. The molecule has 2 heterocycles. The summed E-state index contributed by atoms with van der Waals surface area (Å²) in [5, 5.41) is 15.5. The third-order valence-corrected chi connectivity index (χ3v) is 4.60. The Labute approximate surface area is 150 Å². The van der Waals surface area contributed by atoms with Crippen LogP contribution in [0.15, 0.2) is 42.5 Å². The van der Waals surface area contributed by atoms with Crippen LogP contribution < -0.4 is 10.1 Å². The number of fused-ring (bicyclic) bond motifs is 3. The molecule has 1 aromatic heterocycles. The van der Waals surface area contributed by atoms with E-state index in [1.807, 2.05) is 24.3 Å². The first-order chi connectivity index (χ1) is 11.7. The number of aromatic amines is 1. The highest BCUT2D eigenvalue weighted by Gasteiger charge is 2.25. The number of ether oxygens (including phenoxy) is 1. The van der Waals surface area contributed by atoms with Gasteiger partial charge < -0.3 is 15.0 Å². The van der Waals surface area contributed by atoms with Gasteiger partial charge in [0.1, 0.15) is 5.75 Å². The Morgan fingerprint density at radius 3 is 2.64 bits per heavy atom. The van der Waals surface area contributed by atoms with Gasteiger partial charge in [-0.25, -0.2) is 0 Å². The van der Waals surface area contributed by atoms with E-state index in [2.05, 4.69) is 16.4 Å². The van der Waals surface area contributed by atoms with Crippen LogP contribution in [-0.4, -0.2) is 23.6 Å². The molecule has 1 unspecified atom stereocenters. The van der Waals surface area contributed by atoms with Crippen LogP contribution >= 0.6 is 12.4 Å². The first-order valence-corrected chi connectivity index (χ1v) is 7.83. The third-order valence-electron chi connectivity index (χ3n) is 4.60. The van der Waals surface area contributed by atoms with Crippen LogP contribution in [0.4, 0.5) is 5.69 Å². The molecule has 6 nitrogen and oxygen atoms in total. The Hall–Kier alpha value is -2.57. The van der Waals surface area contributed by atoms with Gasteiger partial charge in [0.15, 0.2) is 0 Å². The average Bonchev–Trinajstić information content (AvgIpc) is 2.99. The van der Waals surface area contributed by atoms with Gasteiger partial charge in [0.05, 0.1) is 18.1 Å². The van der Waals surface area contributed by atoms with Crippen LogP contribution in [0, 0.1) is 10.1 Å². The first kappa shape index (κ1) is 17.3. The van der Waals surface area contributed by atoms with Crippen molar-refractivity contribution in [1.29, 1.82) is 0 Å². The molecule has 25 heavy (non-hydrogen) atoms. The summed E-state index contributed by atoms with van der Waals surface area (Å²) in [4.78, 5) is 14.0. The van der Waals surface area contributed by atoms with E-state index >= 15 is 0 Å². The molecule has 0 fully saturated rings. The maximum absolute atomic E-state index is 10.8. The molecule has 0 saturated carbocycles. The number of methoxy groups -OCH3 is 1. The number of hydrogen-bond acceptors (Lipinski definition) is 4. The summed E-state index contributed by atoms with van der Waals surface area (Å²) >= 11 is 0.